The lowest BCUT2D eigenvalue weighted by molar-refractivity contribution is -0.141. The molecule has 1 aliphatic heterocycles. The number of phenolic OH excluding ortho intramolecular Hbond substituents is 1. The second-order valence-corrected chi connectivity index (χ2v) is 7.24. The van der Waals surface area contributed by atoms with Crippen LogP contribution in [0.1, 0.15) is 20.3 Å². The van der Waals surface area contributed by atoms with E-state index in [1.807, 2.05) is 19.9 Å². The Morgan fingerprint density at radius 1 is 1.15 bits per heavy atom. The van der Waals surface area contributed by atoms with Crippen molar-refractivity contribution < 1.29 is 15.0 Å². The quantitative estimate of drug-likeness (QED) is 0.836. The molecule has 27 heavy (non-hydrogen) atoms. The summed E-state index contributed by atoms with van der Waals surface area (Å²) < 4.78 is 0. The third-order valence-electron chi connectivity index (χ3n) is 4.70. The van der Waals surface area contributed by atoms with Crippen molar-refractivity contribution in [2.75, 3.05) is 31.1 Å². The Morgan fingerprint density at radius 2 is 1.85 bits per heavy atom. The molecule has 2 aromatic rings. The van der Waals surface area contributed by atoms with Crippen molar-refractivity contribution in [1.82, 2.24) is 14.9 Å². The number of hydrogen-bond donors (Lipinski definition) is 2. The number of para-hydroxylation sites is 1. The maximum absolute atomic E-state index is 12.4. The molecule has 1 saturated heterocycles. The van der Waals surface area contributed by atoms with Gasteiger partial charge in [-0.1, -0.05) is 26.0 Å². The summed E-state index contributed by atoms with van der Waals surface area (Å²) in [6, 6.07) is 7.03. The molecule has 0 unspecified atom stereocenters. The van der Waals surface area contributed by atoms with Gasteiger partial charge in [-0.15, -0.1) is 0 Å². The van der Waals surface area contributed by atoms with Crippen molar-refractivity contribution in [3.63, 3.8) is 0 Å². The van der Waals surface area contributed by atoms with Crippen LogP contribution in [0.15, 0.2) is 36.7 Å². The van der Waals surface area contributed by atoms with Gasteiger partial charge in [0, 0.05) is 31.7 Å². The molecule has 2 N–H and O–H groups in total. The van der Waals surface area contributed by atoms with Crippen LogP contribution in [0.2, 0.25) is 0 Å². The lowest BCUT2D eigenvalue weighted by Gasteiger charge is -2.36. The molecular formula is C20H26N4O3. The standard InChI is InChI=1S/C20H26N4O3/c1-14(2)11-18(26)20(27)24-9-7-23(8-10-24)19-13-21-12-16(22-19)15-5-3-4-6-17(15)25/h3-6,12-14,18,25-26H,7-11H2,1-2H3/t18-/m1/s1. The van der Waals surface area contributed by atoms with E-state index in [9.17, 15) is 15.0 Å². The van der Waals surface area contributed by atoms with Gasteiger partial charge in [0.15, 0.2) is 0 Å². The third kappa shape index (κ3) is 4.54. The van der Waals surface area contributed by atoms with E-state index in [-0.39, 0.29) is 17.6 Å². The first kappa shape index (κ1) is 19.1. The molecule has 144 valence electrons. The molecule has 1 fully saturated rings. The maximum Gasteiger partial charge on any atom is 0.251 e. The summed E-state index contributed by atoms with van der Waals surface area (Å²) >= 11 is 0. The fourth-order valence-electron chi connectivity index (χ4n) is 3.24. The third-order valence-corrected chi connectivity index (χ3v) is 4.70. The van der Waals surface area contributed by atoms with Crippen LogP contribution < -0.4 is 4.90 Å². The Bertz CT molecular complexity index is 788. The van der Waals surface area contributed by atoms with Crippen molar-refractivity contribution in [1.29, 1.82) is 0 Å². The van der Waals surface area contributed by atoms with Gasteiger partial charge in [0.2, 0.25) is 0 Å². The lowest BCUT2D eigenvalue weighted by atomic mass is 10.0. The molecule has 1 aromatic heterocycles. The van der Waals surface area contributed by atoms with E-state index >= 15 is 0 Å². The number of hydrogen-bond acceptors (Lipinski definition) is 6. The van der Waals surface area contributed by atoms with Crippen LogP contribution in [-0.4, -0.2) is 63.3 Å². The minimum atomic E-state index is -0.930. The van der Waals surface area contributed by atoms with E-state index in [2.05, 4.69) is 14.9 Å². The molecule has 3 rings (SSSR count). The highest BCUT2D eigenvalue weighted by Crippen LogP contribution is 2.28. The number of aromatic hydroxyl groups is 1. The largest absolute Gasteiger partial charge is 0.507 e. The van der Waals surface area contributed by atoms with Crippen molar-refractivity contribution in [2.24, 2.45) is 5.92 Å². The molecule has 0 saturated carbocycles. The van der Waals surface area contributed by atoms with Crippen LogP contribution in [-0.2, 0) is 4.79 Å². The molecule has 0 radical (unpaired) electrons. The van der Waals surface area contributed by atoms with Crippen LogP contribution in [0.5, 0.6) is 5.75 Å². The van der Waals surface area contributed by atoms with Gasteiger partial charge in [-0.2, -0.15) is 0 Å². The monoisotopic (exact) mass is 370 g/mol. The Balaban J connectivity index is 1.66. The second kappa shape index (κ2) is 8.35. The summed E-state index contributed by atoms with van der Waals surface area (Å²) in [7, 11) is 0. The minimum Gasteiger partial charge on any atom is -0.507 e. The van der Waals surface area contributed by atoms with Gasteiger partial charge in [0.05, 0.1) is 18.1 Å². The summed E-state index contributed by atoms with van der Waals surface area (Å²) in [5.74, 6) is 0.958. The Morgan fingerprint density at radius 3 is 2.52 bits per heavy atom. The van der Waals surface area contributed by atoms with E-state index in [0.717, 1.165) is 0 Å². The van der Waals surface area contributed by atoms with Crippen molar-refractivity contribution in [3.05, 3.63) is 36.7 Å². The maximum atomic E-state index is 12.4. The first-order valence-electron chi connectivity index (χ1n) is 9.28. The van der Waals surface area contributed by atoms with E-state index in [1.54, 1.807) is 35.5 Å². The summed E-state index contributed by atoms with van der Waals surface area (Å²) in [6.07, 6.45) is 2.86. The molecule has 7 nitrogen and oxygen atoms in total. The molecular weight excluding hydrogens is 344 g/mol. The highest BCUT2D eigenvalue weighted by molar-refractivity contribution is 5.81. The zero-order valence-electron chi connectivity index (χ0n) is 15.7. The van der Waals surface area contributed by atoms with Crippen LogP contribution in [0.4, 0.5) is 5.82 Å². The average Bonchev–Trinajstić information content (AvgIpc) is 2.67. The van der Waals surface area contributed by atoms with Gasteiger partial charge in [0.25, 0.3) is 5.91 Å². The van der Waals surface area contributed by atoms with Gasteiger partial charge in [-0.3, -0.25) is 9.78 Å². The molecule has 0 aliphatic carbocycles. The number of carbonyl (C=O) groups is 1. The van der Waals surface area contributed by atoms with Gasteiger partial charge in [-0.05, 0) is 24.5 Å². The van der Waals surface area contributed by atoms with E-state index in [0.29, 0.717) is 49.7 Å². The number of rotatable bonds is 5. The zero-order valence-corrected chi connectivity index (χ0v) is 15.7. The van der Waals surface area contributed by atoms with Gasteiger partial charge in [-0.25, -0.2) is 4.98 Å². The molecule has 2 heterocycles. The molecule has 0 spiro atoms. The van der Waals surface area contributed by atoms with Gasteiger partial charge < -0.3 is 20.0 Å². The molecule has 0 bridgehead atoms. The summed E-state index contributed by atoms with van der Waals surface area (Å²) in [4.78, 5) is 25.0. The number of phenols is 1. The number of anilines is 1. The Kier molecular flexibility index (Phi) is 5.91. The summed E-state index contributed by atoms with van der Waals surface area (Å²) in [6.45, 7) is 6.31. The Hall–Kier alpha value is -2.67. The number of aliphatic hydroxyl groups excluding tert-OH is 1. The number of benzene rings is 1. The predicted octanol–water partition coefficient (Wildman–Crippen LogP) is 1.90. The first-order chi connectivity index (χ1) is 13.0. The van der Waals surface area contributed by atoms with Crippen LogP contribution in [0.25, 0.3) is 11.3 Å². The highest BCUT2D eigenvalue weighted by atomic mass is 16.3. The number of aliphatic hydroxyl groups is 1. The average molecular weight is 370 g/mol. The highest BCUT2D eigenvalue weighted by Gasteiger charge is 2.27. The normalized spacial score (nSPS) is 15.9. The smallest absolute Gasteiger partial charge is 0.251 e. The van der Waals surface area contributed by atoms with Gasteiger partial charge in [0.1, 0.15) is 17.7 Å². The molecule has 1 amide bonds. The number of amides is 1. The van der Waals surface area contributed by atoms with Crippen LogP contribution >= 0.6 is 0 Å². The summed E-state index contributed by atoms with van der Waals surface area (Å²) in [5, 5.41) is 20.1. The minimum absolute atomic E-state index is 0.165. The Labute approximate surface area is 159 Å². The predicted molar refractivity (Wildman–Crippen MR) is 103 cm³/mol. The van der Waals surface area contributed by atoms with Crippen LogP contribution in [0, 0.1) is 5.92 Å². The molecule has 1 aromatic carbocycles. The number of aromatic nitrogens is 2. The van der Waals surface area contributed by atoms with Crippen LogP contribution in [0.3, 0.4) is 0 Å². The van der Waals surface area contributed by atoms with E-state index in [1.165, 1.54) is 0 Å². The van der Waals surface area contributed by atoms with Gasteiger partial charge >= 0.3 is 0 Å². The first-order valence-corrected chi connectivity index (χ1v) is 9.28. The SMILES string of the molecule is CC(C)C[C@@H](O)C(=O)N1CCN(c2cncc(-c3ccccc3O)n2)CC1. The number of piperazine rings is 1. The fraction of sp³-hybridized carbons (Fsp3) is 0.450. The summed E-state index contributed by atoms with van der Waals surface area (Å²) in [5.41, 5.74) is 1.24. The van der Waals surface area contributed by atoms with E-state index in [4.69, 9.17) is 0 Å². The number of carbonyl (C=O) groups excluding carboxylic acids is 1. The second-order valence-electron chi connectivity index (χ2n) is 7.24. The van der Waals surface area contributed by atoms with Crippen molar-refractivity contribution in [2.45, 2.75) is 26.4 Å². The fourth-order valence-corrected chi connectivity index (χ4v) is 3.24. The lowest BCUT2D eigenvalue weighted by Crippen LogP contribution is -2.51. The molecule has 1 aliphatic rings. The van der Waals surface area contributed by atoms with Crippen molar-refractivity contribution in [3.8, 4) is 17.0 Å². The topological polar surface area (TPSA) is 89.8 Å². The van der Waals surface area contributed by atoms with E-state index < -0.39 is 6.10 Å². The van der Waals surface area contributed by atoms with Crippen molar-refractivity contribution >= 4 is 11.7 Å². The zero-order chi connectivity index (χ0) is 19.4. The molecule has 7 heteroatoms. The number of nitrogens with zero attached hydrogens (tertiary/aromatic N) is 4. The molecule has 1 atom stereocenters.